The molecule has 2 heterocycles. The molecule has 0 bridgehead atoms. The minimum absolute atomic E-state index is 0.0497. The molecule has 0 atom stereocenters. The molecule has 106 valence electrons. The molecule has 0 saturated carbocycles. The molecule has 4 nitrogen and oxygen atoms in total. The number of anilines is 1. The van der Waals surface area contributed by atoms with Crippen molar-refractivity contribution in [2.24, 2.45) is 0 Å². The second kappa shape index (κ2) is 4.93. The summed E-state index contributed by atoms with van der Waals surface area (Å²) in [4.78, 5) is 3.86. The normalized spacial score (nSPS) is 10.8. The van der Waals surface area contributed by atoms with Gasteiger partial charge in [0.2, 0.25) is 0 Å². The Labute approximate surface area is 117 Å². The van der Waals surface area contributed by atoms with E-state index in [1.165, 1.54) is 12.4 Å². The Kier molecular flexibility index (Phi) is 3.09. The molecule has 0 amide bonds. The van der Waals surface area contributed by atoms with Crippen molar-refractivity contribution in [3.8, 4) is 22.4 Å². The first kappa shape index (κ1) is 13.2. The number of halogens is 3. The van der Waals surface area contributed by atoms with Crippen molar-refractivity contribution in [2.45, 2.75) is 0 Å². The van der Waals surface area contributed by atoms with Gasteiger partial charge in [-0.15, -0.1) is 0 Å². The monoisotopic (exact) mass is 290 g/mol. The zero-order chi connectivity index (χ0) is 15.0. The third-order valence-corrected chi connectivity index (χ3v) is 3.02. The van der Waals surface area contributed by atoms with E-state index >= 15 is 0 Å². The highest BCUT2D eigenvalue weighted by Crippen LogP contribution is 2.36. The zero-order valence-corrected chi connectivity index (χ0v) is 10.6. The molecule has 0 aliphatic rings. The summed E-state index contributed by atoms with van der Waals surface area (Å²) >= 11 is 0. The second-order valence-electron chi connectivity index (χ2n) is 4.34. The number of aromatic amines is 1. The predicted molar refractivity (Wildman–Crippen MR) is 71.5 cm³/mol. The van der Waals surface area contributed by atoms with Crippen LogP contribution in [0.1, 0.15) is 0 Å². The van der Waals surface area contributed by atoms with Crippen molar-refractivity contribution in [1.82, 2.24) is 15.2 Å². The van der Waals surface area contributed by atoms with Gasteiger partial charge in [-0.25, -0.2) is 13.2 Å². The SMILES string of the molecule is Nc1n[nH]c(-c2c(F)cc(F)cc2F)c1-c1ccncc1. The van der Waals surface area contributed by atoms with Crippen LogP contribution < -0.4 is 5.73 Å². The summed E-state index contributed by atoms with van der Waals surface area (Å²) in [6.45, 7) is 0. The van der Waals surface area contributed by atoms with Crippen LogP contribution in [0.5, 0.6) is 0 Å². The average Bonchev–Trinajstić information content (AvgIpc) is 2.80. The van der Waals surface area contributed by atoms with Gasteiger partial charge in [0.1, 0.15) is 17.5 Å². The van der Waals surface area contributed by atoms with Gasteiger partial charge in [-0.05, 0) is 17.7 Å². The number of pyridine rings is 1. The van der Waals surface area contributed by atoms with Gasteiger partial charge < -0.3 is 5.73 Å². The lowest BCUT2D eigenvalue weighted by Crippen LogP contribution is -1.95. The standard InChI is InChI=1S/C14H9F3N4/c15-8-5-9(16)12(10(17)6-8)13-11(14(18)21-20-13)7-1-3-19-4-2-7/h1-6H,(H3,18,20,21). The summed E-state index contributed by atoms with van der Waals surface area (Å²) in [7, 11) is 0. The summed E-state index contributed by atoms with van der Waals surface area (Å²) in [5, 5.41) is 6.27. The molecule has 0 radical (unpaired) electrons. The molecule has 0 aliphatic heterocycles. The maximum atomic E-state index is 13.9. The second-order valence-corrected chi connectivity index (χ2v) is 4.34. The fraction of sp³-hybridized carbons (Fsp3) is 0. The first-order valence-corrected chi connectivity index (χ1v) is 5.97. The number of hydrogen-bond donors (Lipinski definition) is 2. The van der Waals surface area contributed by atoms with Gasteiger partial charge in [0.05, 0.1) is 16.8 Å². The Morgan fingerprint density at radius 3 is 2.19 bits per heavy atom. The predicted octanol–water partition coefficient (Wildman–Crippen LogP) is 3.14. The van der Waals surface area contributed by atoms with Crippen LogP contribution in [-0.2, 0) is 0 Å². The Balaban J connectivity index is 2.27. The number of nitrogens with two attached hydrogens (primary N) is 1. The molecule has 0 aliphatic carbocycles. The van der Waals surface area contributed by atoms with Crippen LogP contribution in [0, 0.1) is 17.5 Å². The van der Waals surface area contributed by atoms with Gasteiger partial charge in [-0.1, -0.05) is 0 Å². The van der Waals surface area contributed by atoms with E-state index in [-0.39, 0.29) is 11.5 Å². The molecular weight excluding hydrogens is 281 g/mol. The van der Waals surface area contributed by atoms with Gasteiger partial charge in [-0.3, -0.25) is 10.1 Å². The van der Waals surface area contributed by atoms with Crippen molar-refractivity contribution < 1.29 is 13.2 Å². The zero-order valence-electron chi connectivity index (χ0n) is 10.6. The lowest BCUT2D eigenvalue weighted by atomic mass is 10.0. The van der Waals surface area contributed by atoms with E-state index < -0.39 is 23.0 Å². The van der Waals surface area contributed by atoms with Crippen molar-refractivity contribution in [2.75, 3.05) is 5.73 Å². The Morgan fingerprint density at radius 2 is 1.57 bits per heavy atom. The summed E-state index contributed by atoms with van der Waals surface area (Å²) in [6.07, 6.45) is 3.03. The molecule has 3 rings (SSSR count). The van der Waals surface area contributed by atoms with Crippen LogP contribution in [-0.4, -0.2) is 15.2 Å². The average molecular weight is 290 g/mol. The minimum Gasteiger partial charge on any atom is -0.382 e. The number of rotatable bonds is 2. The van der Waals surface area contributed by atoms with E-state index in [2.05, 4.69) is 15.2 Å². The highest BCUT2D eigenvalue weighted by Gasteiger charge is 2.21. The van der Waals surface area contributed by atoms with E-state index in [9.17, 15) is 13.2 Å². The lowest BCUT2D eigenvalue weighted by Gasteiger charge is -2.07. The number of hydrogen-bond acceptors (Lipinski definition) is 3. The van der Waals surface area contributed by atoms with Crippen molar-refractivity contribution in [1.29, 1.82) is 0 Å². The van der Waals surface area contributed by atoms with E-state index in [0.717, 1.165) is 0 Å². The number of aromatic nitrogens is 3. The third-order valence-electron chi connectivity index (χ3n) is 3.02. The van der Waals surface area contributed by atoms with Crippen LogP contribution in [0.4, 0.5) is 19.0 Å². The summed E-state index contributed by atoms with van der Waals surface area (Å²) in [5.41, 5.74) is 6.33. The molecule has 1 aromatic carbocycles. The van der Waals surface area contributed by atoms with E-state index in [0.29, 0.717) is 23.3 Å². The Bertz CT molecular complexity index is 776. The maximum Gasteiger partial charge on any atom is 0.153 e. The van der Waals surface area contributed by atoms with Crippen LogP contribution in [0.3, 0.4) is 0 Å². The lowest BCUT2D eigenvalue weighted by molar-refractivity contribution is 0.547. The molecule has 3 aromatic rings. The molecule has 0 saturated heterocycles. The first-order chi connectivity index (χ1) is 10.1. The Morgan fingerprint density at radius 1 is 0.952 bits per heavy atom. The first-order valence-electron chi connectivity index (χ1n) is 5.97. The summed E-state index contributed by atoms with van der Waals surface area (Å²) in [5.74, 6) is -2.98. The molecule has 7 heteroatoms. The molecule has 3 N–H and O–H groups in total. The molecule has 0 spiro atoms. The number of H-pyrrole nitrogens is 1. The number of nitrogen functional groups attached to an aromatic ring is 1. The van der Waals surface area contributed by atoms with Gasteiger partial charge in [0.15, 0.2) is 5.82 Å². The number of nitrogens with zero attached hydrogens (tertiary/aromatic N) is 2. The van der Waals surface area contributed by atoms with Gasteiger partial charge in [0.25, 0.3) is 0 Å². The number of benzene rings is 1. The Hall–Kier alpha value is -2.83. The fourth-order valence-electron chi connectivity index (χ4n) is 2.13. The molecule has 0 fully saturated rings. The fourth-order valence-corrected chi connectivity index (χ4v) is 2.13. The molecule has 2 aromatic heterocycles. The highest BCUT2D eigenvalue weighted by molar-refractivity contribution is 5.87. The smallest absolute Gasteiger partial charge is 0.153 e. The molecular formula is C14H9F3N4. The number of nitrogens with one attached hydrogen (secondary N) is 1. The highest BCUT2D eigenvalue weighted by atomic mass is 19.1. The van der Waals surface area contributed by atoms with Crippen molar-refractivity contribution in [3.63, 3.8) is 0 Å². The summed E-state index contributed by atoms with van der Waals surface area (Å²) < 4.78 is 40.9. The van der Waals surface area contributed by atoms with Gasteiger partial charge in [-0.2, -0.15) is 5.10 Å². The van der Waals surface area contributed by atoms with Gasteiger partial charge in [0, 0.05) is 24.5 Å². The maximum absolute atomic E-state index is 13.9. The largest absolute Gasteiger partial charge is 0.382 e. The quantitative estimate of drug-likeness (QED) is 0.762. The van der Waals surface area contributed by atoms with E-state index in [1.807, 2.05) is 0 Å². The van der Waals surface area contributed by atoms with Crippen LogP contribution in [0.2, 0.25) is 0 Å². The van der Waals surface area contributed by atoms with Gasteiger partial charge >= 0.3 is 0 Å². The summed E-state index contributed by atoms with van der Waals surface area (Å²) in [6, 6.07) is 4.46. The van der Waals surface area contributed by atoms with E-state index in [1.54, 1.807) is 12.1 Å². The molecule has 0 unspecified atom stereocenters. The van der Waals surface area contributed by atoms with Crippen LogP contribution in [0.15, 0.2) is 36.7 Å². The van der Waals surface area contributed by atoms with Crippen molar-refractivity contribution >= 4 is 5.82 Å². The van der Waals surface area contributed by atoms with Crippen molar-refractivity contribution in [3.05, 3.63) is 54.1 Å². The minimum atomic E-state index is -1.04. The van der Waals surface area contributed by atoms with Crippen LogP contribution in [0.25, 0.3) is 22.4 Å². The van der Waals surface area contributed by atoms with Crippen LogP contribution >= 0.6 is 0 Å². The topological polar surface area (TPSA) is 67.6 Å². The van der Waals surface area contributed by atoms with E-state index in [4.69, 9.17) is 5.73 Å². The third kappa shape index (κ3) is 2.22. The molecule has 21 heavy (non-hydrogen) atoms.